The van der Waals surface area contributed by atoms with Crippen LogP contribution in [0.2, 0.25) is 0 Å². The lowest BCUT2D eigenvalue weighted by Crippen LogP contribution is -2.19. The molecule has 2 rings (SSSR count). The molecular formula is C16H24BrN. The lowest BCUT2D eigenvalue weighted by Gasteiger charge is -2.23. The van der Waals surface area contributed by atoms with Crippen molar-refractivity contribution in [2.75, 3.05) is 5.32 Å². The Morgan fingerprint density at radius 1 is 1.22 bits per heavy atom. The maximum absolute atomic E-state index is 3.74. The van der Waals surface area contributed by atoms with Gasteiger partial charge < -0.3 is 5.32 Å². The van der Waals surface area contributed by atoms with Crippen molar-refractivity contribution in [2.45, 2.75) is 58.9 Å². The van der Waals surface area contributed by atoms with E-state index in [4.69, 9.17) is 0 Å². The van der Waals surface area contributed by atoms with Crippen LogP contribution in [0, 0.1) is 12.3 Å². The molecule has 0 amide bonds. The highest BCUT2D eigenvalue weighted by atomic mass is 79.9. The number of nitrogens with one attached hydrogen (secondary N) is 1. The molecule has 2 heteroatoms. The lowest BCUT2D eigenvalue weighted by atomic mass is 9.85. The standard InChI is InChI=1S/C16H24BrN/c1-12-14(17)7-4-8-15(12)18-13-6-5-10-16(2,3)11-9-13/h4,7-8,13,18H,5-6,9-11H2,1-3H3. The fraction of sp³-hybridized carbons (Fsp3) is 0.625. The summed E-state index contributed by atoms with van der Waals surface area (Å²) in [5.41, 5.74) is 3.14. The van der Waals surface area contributed by atoms with Gasteiger partial charge in [0.25, 0.3) is 0 Å². The summed E-state index contributed by atoms with van der Waals surface area (Å²) in [5, 5.41) is 3.74. The van der Waals surface area contributed by atoms with Crippen LogP contribution in [0.25, 0.3) is 0 Å². The summed E-state index contributed by atoms with van der Waals surface area (Å²) >= 11 is 3.60. The van der Waals surface area contributed by atoms with Crippen molar-refractivity contribution in [1.82, 2.24) is 0 Å². The lowest BCUT2D eigenvalue weighted by molar-refractivity contribution is 0.313. The van der Waals surface area contributed by atoms with Gasteiger partial charge >= 0.3 is 0 Å². The van der Waals surface area contributed by atoms with Crippen molar-refractivity contribution in [3.8, 4) is 0 Å². The molecule has 1 aliphatic rings. The molecule has 0 radical (unpaired) electrons. The molecule has 1 fully saturated rings. The second-order valence-corrected chi connectivity index (χ2v) is 7.20. The third kappa shape index (κ3) is 3.50. The van der Waals surface area contributed by atoms with Gasteiger partial charge in [0.05, 0.1) is 0 Å². The van der Waals surface area contributed by atoms with Crippen molar-refractivity contribution < 1.29 is 0 Å². The van der Waals surface area contributed by atoms with E-state index < -0.39 is 0 Å². The summed E-state index contributed by atoms with van der Waals surface area (Å²) in [6, 6.07) is 7.05. The van der Waals surface area contributed by atoms with Gasteiger partial charge in [-0.3, -0.25) is 0 Å². The van der Waals surface area contributed by atoms with Gasteiger partial charge in [-0.2, -0.15) is 0 Å². The van der Waals surface area contributed by atoms with Gasteiger partial charge in [0.1, 0.15) is 0 Å². The summed E-state index contributed by atoms with van der Waals surface area (Å²) in [5.74, 6) is 0. The van der Waals surface area contributed by atoms with Crippen LogP contribution >= 0.6 is 15.9 Å². The van der Waals surface area contributed by atoms with E-state index in [2.05, 4.69) is 60.2 Å². The van der Waals surface area contributed by atoms with E-state index in [9.17, 15) is 0 Å². The average molecular weight is 310 g/mol. The van der Waals surface area contributed by atoms with Crippen LogP contribution < -0.4 is 5.32 Å². The van der Waals surface area contributed by atoms with Crippen molar-refractivity contribution in [3.63, 3.8) is 0 Å². The molecule has 0 aromatic heterocycles. The Kier molecular flexibility index (Phi) is 4.37. The third-order valence-electron chi connectivity index (χ3n) is 4.20. The van der Waals surface area contributed by atoms with E-state index in [1.807, 2.05) is 0 Å². The Labute approximate surface area is 119 Å². The zero-order chi connectivity index (χ0) is 13.2. The van der Waals surface area contributed by atoms with E-state index in [0.717, 1.165) is 0 Å². The Morgan fingerprint density at radius 3 is 2.78 bits per heavy atom. The van der Waals surface area contributed by atoms with Crippen LogP contribution in [0.5, 0.6) is 0 Å². The fourth-order valence-electron chi connectivity index (χ4n) is 2.79. The molecule has 1 aromatic rings. The van der Waals surface area contributed by atoms with Gasteiger partial charge in [-0.25, -0.2) is 0 Å². The molecule has 1 unspecified atom stereocenters. The molecule has 18 heavy (non-hydrogen) atoms. The molecule has 0 spiro atoms. The molecule has 1 atom stereocenters. The van der Waals surface area contributed by atoms with Gasteiger partial charge in [-0.05, 0) is 55.7 Å². The molecule has 0 heterocycles. The maximum atomic E-state index is 3.74. The first-order valence-corrected chi connectivity index (χ1v) is 7.79. The first-order valence-electron chi connectivity index (χ1n) is 7.00. The quantitative estimate of drug-likeness (QED) is 0.708. The van der Waals surface area contributed by atoms with Crippen LogP contribution in [-0.2, 0) is 0 Å². The fourth-order valence-corrected chi connectivity index (χ4v) is 3.16. The largest absolute Gasteiger partial charge is 0.382 e. The minimum Gasteiger partial charge on any atom is -0.382 e. The normalized spacial score (nSPS) is 23.4. The summed E-state index contributed by atoms with van der Waals surface area (Å²) in [7, 11) is 0. The van der Waals surface area contributed by atoms with E-state index >= 15 is 0 Å². The van der Waals surface area contributed by atoms with E-state index in [-0.39, 0.29) is 0 Å². The smallest absolute Gasteiger partial charge is 0.0383 e. The summed E-state index contributed by atoms with van der Waals surface area (Å²) in [6.45, 7) is 6.98. The molecular weight excluding hydrogens is 286 g/mol. The molecule has 1 nitrogen and oxygen atoms in total. The zero-order valence-corrected chi connectivity index (χ0v) is 13.3. The minimum atomic E-state index is 0.531. The van der Waals surface area contributed by atoms with E-state index in [1.165, 1.54) is 47.8 Å². The number of anilines is 1. The Bertz CT molecular complexity index is 412. The van der Waals surface area contributed by atoms with Crippen molar-refractivity contribution in [2.24, 2.45) is 5.41 Å². The first kappa shape index (κ1) is 13.9. The average Bonchev–Trinajstić information content (AvgIpc) is 2.47. The molecule has 1 saturated carbocycles. The number of halogens is 1. The van der Waals surface area contributed by atoms with Gasteiger partial charge in [0, 0.05) is 16.2 Å². The topological polar surface area (TPSA) is 12.0 Å². The second kappa shape index (κ2) is 5.64. The molecule has 1 aromatic carbocycles. The van der Waals surface area contributed by atoms with Crippen molar-refractivity contribution >= 4 is 21.6 Å². The predicted molar refractivity (Wildman–Crippen MR) is 83.2 cm³/mol. The maximum Gasteiger partial charge on any atom is 0.0383 e. The number of hydrogen-bond donors (Lipinski definition) is 1. The minimum absolute atomic E-state index is 0.531. The van der Waals surface area contributed by atoms with Gasteiger partial charge in [-0.1, -0.05) is 42.3 Å². The second-order valence-electron chi connectivity index (χ2n) is 6.35. The monoisotopic (exact) mass is 309 g/mol. The van der Waals surface area contributed by atoms with Crippen molar-refractivity contribution in [1.29, 1.82) is 0 Å². The molecule has 0 bridgehead atoms. The Hall–Kier alpha value is -0.500. The van der Waals surface area contributed by atoms with E-state index in [1.54, 1.807) is 0 Å². The molecule has 0 aliphatic heterocycles. The van der Waals surface area contributed by atoms with Crippen LogP contribution in [0.1, 0.15) is 51.5 Å². The van der Waals surface area contributed by atoms with Gasteiger partial charge in [0.15, 0.2) is 0 Å². The Morgan fingerprint density at radius 2 is 2.00 bits per heavy atom. The number of rotatable bonds is 2. The number of hydrogen-bond acceptors (Lipinski definition) is 1. The SMILES string of the molecule is Cc1c(Br)cccc1NC1CCCC(C)(C)CC1. The van der Waals surface area contributed by atoms with Gasteiger partial charge in [0.2, 0.25) is 0 Å². The van der Waals surface area contributed by atoms with Crippen LogP contribution in [0.3, 0.4) is 0 Å². The molecule has 100 valence electrons. The summed E-state index contributed by atoms with van der Waals surface area (Å²) in [6.07, 6.45) is 6.63. The van der Waals surface area contributed by atoms with Crippen LogP contribution in [-0.4, -0.2) is 6.04 Å². The first-order chi connectivity index (χ1) is 8.48. The molecule has 0 saturated heterocycles. The zero-order valence-electron chi connectivity index (χ0n) is 11.7. The summed E-state index contributed by atoms with van der Waals surface area (Å²) < 4.78 is 1.20. The summed E-state index contributed by atoms with van der Waals surface area (Å²) in [4.78, 5) is 0. The van der Waals surface area contributed by atoms with Crippen molar-refractivity contribution in [3.05, 3.63) is 28.2 Å². The Balaban J connectivity index is 2.03. The molecule has 1 N–H and O–H groups in total. The number of benzene rings is 1. The highest BCUT2D eigenvalue weighted by Crippen LogP contribution is 2.35. The van der Waals surface area contributed by atoms with Crippen LogP contribution in [0.15, 0.2) is 22.7 Å². The third-order valence-corrected chi connectivity index (χ3v) is 5.06. The van der Waals surface area contributed by atoms with Gasteiger partial charge in [-0.15, -0.1) is 0 Å². The highest BCUT2D eigenvalue weighted by molar-refractivity contribution is 9.10. The van der Waals surface area contributed by atoms with Crippen LogP contribution in [0.4, 0.5) is 5.69 Å². The van der Waals surface area contributed by atoms with E-state index in [0.29, 0.717) is 11.5 Å². The highest BCUT2D eigenvalue weighted by Gasteiger charge is 2.24. The predicted octanol–water partition coefficient (Wildman–Crippen LogP) is 5.53. The molecule has 1 aliphatic carbocycles.